The zero-order valence-electron chi connectivity index (χ0n) is 11.7. The van der Waals surface area contributed by atoms with Crippen LogP contribution in [0.2, 0.25) is 12.1 Å². The zero-order valence-corrected chi connectivity index (χ0v) is 12.7. The SMILES string of the molecule is C=C(C)C(=O)OC[Si](CCC)(CCC)OCC. The highest BCUT2D eigenvalue weighted by Crippen LogP contribution is 2.22. The quantitative estimate of drug-likeness (QED) is 0.361. The Hall–Kier alpha value is -0.613. The average Bonchev–Trinajstić information content (AvgIpc) is 2.27. The third-order valence-corrected chi connectivity index (χ3v) is 7.07. The Kier molecular flexibility index (Phi) is 8.17. The van der Waals surface area contributed by atoms with Crippen molar-refractivity contribution < 1.29 is 14.0 Å². The van der Waals surface area contributed by atoms with Crippen LogP contribution in [0.3, 0.4) is 0 Å². The van der Waals surface area contributed by atoms with Gasteiger partial charge >= 0.3 is 5.97 Å². The van der Waals surface area contributed by atoms with E-state index in [2.05, 4.69) is 20.4 Å². The summed E-state index contributed by atoms with van der Waals surface area (Å²) >= 11 is 0. The van der Waals surface area contributed by atoms with E-state index in [1.807, 2.05) is 6.92 Å². The number of hydrogen-bond donors (Lipinski definition) is 0. The highest BCUT2D eigenvalue weighted by molar-refractivity contribution is 6.73. The van der Waals surface area contributed by atoms with Gasteiger partial charge in [-0.2, -0.15) is 0 Å². The number of hydrogen-bond acceptors (Lipinski definition) is 3. The third-order valence-electron chi connectivity index (χ3n) is 2.68. The first kappa shape index (κ1) is 16.4. The molecule has 17 heavy (non-hydrogen) atoms. The summed E-state index contributed by atoms with van der Waals surface area (Å²) in [5.74, 6) is -0.297. The lowest BCUT2D eigenvalue weighted by Gasteiger charge is -2.30. The fraction of sp³-hybridized carbons (Fsp3) is 0.769. The number of rotatable bonds is 9. The molecule has 0 aromatic heterocycles. The van der Waals surface area contributed by atoms with E-state index in [0.717, 1.165) is 24.9 Å². The van der Waals surface area contributed by atoms with Crippen molar-refractivity contribution >= 4 is 14.3 Å². The molecule has 0 bridgehead atoms. The predicted molar refractivity (Wildman–Crippen MR) is 73.3 cm³/mol. The molecule has 0 spiro atoms. The fourth-order valence-corrected chi connectivity index (χ4v) is 5.73. The summed E-state index contributed by atoms with van der Waals surface area (Å²) in [5.41, 5.74) is 0.456. The highest BCUT2D eigenvalue weighted by atomic mass is 28.4. The van der Waals surface area contributed by atoms with Crippen LogP contribution in [-0.4, -0.2) is 27.1 Å². The van der Waals surface area contributed by atoms with Gasteiger partial charge in [0.1, 0.15) is 6.23 Å². The van der Waals surface area contributed by atoms with Gasteiger partial charge in [0.05, 0.1) is 0 Å². The van der Waals surface area contributed by atoms with Crippen molar-refractivity contribution in [3.05, 3.63) is 12.2 Å². The van der Waals surface area contributed by atoms with Crippen LogP contribution in [0.4, 0.5) is 0 Å². The van der Waals surface area contributed by atoms with Crippen molar-refractivity contribution in [1.29, 1.82) is 0 Å². The summed E-state index contributed by atoms with van der Waals surface area (Å²) in [6, 6.07) is 2.11. The van der Waals surface area contributed by atoms with Crippen LogP contribution >= 0.6 is 0 Å². The molecule has 3 nitrogen and oxygen atoms in total. The van der Waals surface area contributed by atoms with Crippen molar-refractivity contribution in [3.8, 4) is 0 Å². The van der Waals surface area contributed by atoms with Gasteiger partial charge in [0.15, 0.2) is 0 Å². The number of ether oxygens (including phenoxy) is 1. The van der Waals surface area contributed by atoms with Gasteiger partial charge in [-0.3, -0.25) is 0 Å². The van der Waals surface area contributed by atoms with Gasteiger partial charge in [0, 0.05) is 12.2 Å². The minimum Gasteiger partial charge on any atom is -0.463 e. The molecule has 0 saturated heterocycles. The van der Waals surface area contributed by atoms with E-state index >= 15 is 0 Å². The summed E-state index contributed by atoms with van der Waals surface area (Å²) in [7, 11) is -1.89. The van der Waals surface area contributed by atoms with Crippen molar-refractivity contribution in [2.24, 2.45) is 0 Å². The second-order valence-corrected chi connectivity index (χ2v) is 8.42. The molecule has 4 heteroatoms. The molecule has 0 unspecified atom stereocenters. The third kappa shape index (κ3) is 6.03. The summed E-state index contributed by atoms with van der Waals surface area (Å²) in [4.78, 5) is 11.4. The fourth-order valence-electron chi connectivity index (χ4n) is 1.99. The van der Waals surface area contributed by atoms with E-state index < -0.39 is 8.32 Å². The van der Waals surface area contributed by atoms with Crippen LogP contribution in [0.1, 0.15) is 40.5 Å². The summed E-state index contributed by atoms with van der Waals surface area (Å²) in [5, 5.41) is 0. The lowest BCUT2D eigenvalue weighted by molar-refractivity contribution is -0.137. The van der Waals surface area contributed by atoms with E-state index in [4.69, 9.17) is 9.16 Å². The molecule has 0 rings (SSSR count). The normalized spacial score (nSPS) is 11.3. The van der Waals surface area contributed by atoms with E-state index in [9.17, 15) is 4.79 Å². The Morgan fingerprint density at radius 3 is 2.06 bits per heavy atom. The standard InChI is InChI=1S/C13H26O3Si/c1-6-9-17(10-7-2,16-8-3)11-15-13(14)12(4)5/h4,6-11H2,1-3,5H3. The Labute approximate surface area is 106 Å². The van der Waals surface area contributed by atoms with Crippen LogP contribution in [0.25, 0.3) is 0 Å². The van der Waals surface area contributed by atoms with Crippen LogP contribution < -0.4 is 0 Å². The molecule has 0 aliphatic carbocycles. The molecule has 0 saturated carbocycles. The molecule has 0 radical (unpaired) electrons. The molecular weight excluding hydrogens is 232 g/mol. The first-order valence-corrected chi connectivity index (χ1v) is 9.00. The van der Waals surface area contributed by atoms with Gasteiger partial charge < -0.3 is 9.16 Å². The number of carbonyl (C=O) groups is 1. The molecule has 0 atom stereocenters. The Balaban J connectivity index is 4.53. The average molecular weight is 258 g/mol. The monoisotopic (exact) mass is 258 g/mol. The van der Waals surface area contributed by atoms with Crippen LogP contribution in [-0.2, 0) is 14.0 Å². The molecular formula is C13H26O3Si. The molecule has 0 aliphatic rings. The van der Waals surface area contributed by atoms with Gasteiger partial charge in [-0.1, -0.05) is 33.3 Å². The molecule has 0 aromatic carbocycles. The summed E-state index contributed by atoms with van der Waals surface area (Å²) in [6.45, 7) is 12.3. The van der Waals surface area contributed by atoms with Crippen molar-refractivity contribution in [2.75, 3.05) is 12.8 Å². The molecule has 100 valence electrons. The summed E-state index contributed by atoms with van der Waals surface area (Å²) < 4.78 is 11.3. The largest absolute Gasteiger partial charge is 0.463 e. The second kappa shape index (κ2) is 8.47. The minimum atomic E-state index is -1.89. The van der Waals surface area contributed by atoms with E-state index in [1.54, 1.807) is 6.92 Å². The Bertz CT molecular complexity index is 234. The van der Waals surface area contributed by atoms with Crippen LogP contribution in [0.5, 0.6) is 0 Å². The molecule has 0 heterocycles. The molecule has 0 amide bonds. The lowest BCUT2D eigenvalue weighted by Crippen LogP contribution is -2.44. The van der Waals surface area contributed by atoms with Crippen molar-refractivity contribution in [1.82, 2.24) is 0 Å². The Morgan fingerprint density at radius 2 is 1.71 bits per heavy atom. The lowest BCUT2D eigenvalue weighted by atomic mass is 10.4. The maximum absolute atomic E-state index is 11.4. The highest BCUT2D eigenvalue weighted by Gasteiger charge is 2.34. The van der Waals surface area contributed by atoms with Crippen molar-refractivity contribution in [3.63, 3.8) is 0 Å². The first-order chi connectivity index (χ1) is 8.01. The molecule has 0 aromatic rings. The zero-order chi connectivity index (χ0) is 13.3. The van der Waals surface area contributed by atoms with Crippen molar-refractivity contribution in [2.45, 2.75) is 52.6 Å². The molecule has 0 aliphatic heterocycles. The maximum atomic E-state index is 11.4. The minimum absolute atomic E-state index is 0.297. The number of carbonyl (C=O) groups excluding carboxylic acids is 1. The van der Waals surface area contributed by atoms with Gasteiger partial charge in [0.25, 0.3) is 0 Å². The van der Waals surface area contributed by atoms with Crippen LogP contribution in [0.15, 0.2) is 12.2 Å². The Morgan fingerprint density at radius 1 is 1.18 bits per heavy atom. The molecule has 0 N–H and O–H groups in total. The first-order valence-electron chi connectivity index (χ1n) is 6.48. The van der Waals surface area contributed by atoms with E-state index in [-0.39, 0.29) is 5.97 Å². The number of esters is 1. The maximum Gasteiger partial charge on any atom is 0.332 e. The van der Waals surface area contributed by atoms with Gasteiger partial charge in [-0.25, -0.2) is 4.79 Å². The van der Waals surface area contributed by atoms with Crippen LogP contribution in [0, 0.1) is 0 Å². The van der Waals surface area contributed by atoms with E-state index in [1.165, 1.54) is 0 Å². The molecule has 0 fully saturated rings. The second-order valence-electron chi connectivity index (χ2n) is 4.47. The van der Waals surface area contributed by atoms with Gasteiger partial charge in [-0.05, 0) is 25.9 Å². The van der Waals surface area contributed by atoms with Gasteiger partial charge in [-0.15, -0.1) is 0 Å². The topological polar surface area (TPSA) is 35.5 Å². The van der Waals surface area contributed by atoms with Gasteiger partial charge in [0.2, 0.25) is 8.32 Å². The predicted octanol–water partition coefficient (Wildman–Crippen LogP) is 3.45. The smallest absolute Gasteiger partial charge is 0.332 e. The van der Waals surface area contributed by atoms with E-state index in [0.29, 0.717) is 18.4 Å². The summed E-state index contributed by atoms with van der Waals surface area (Å²) in [6.07, 6.45) is 2.63.